The molecule has 1 unspecified atom stereocenters. The van der Waals surface area contributed by atoms with Crippen LogP contribution in [0, 0.1) is 13.8 Å². The minimum absolute atomic E-state index is 0.0408. The van der Waals surface area contributed by atoms with E-state index in [1.165, 1.54) is 0 Å². The van der Waals surface area contributed by atoms with Gasteiger partial charge in [0, 0.05) is 11.8 Å². The lowest BCUT2D eigenvalue weighted by molar-refractivity contribution is 0.276. The maximum atomic E-state index is 9.84. The van der Waals surface area contributed by atoms with E-state index in [-0.39, 0.29) is 12.6 Å². The second-order valence-electron chi connectivity index (χ2n) is 5.11. The van der Waals surface area contributed by atoms with Gasteiger partial charge in [-0.25, -0.2) is 0 Å². The van der Waals surface area contributed by atoms with Crippen LogP contribution in [0.1, 0.15) is 22.7 Å². The number of nitrogens with one attached hydrogen (secondary N) is 1. The van der Waals surface area contributed by atoms with Crippen molar-refractivity contribution in [2.24, 2.45) is 0 Å². The lowest BCUT2D eigenvalue weighted by Gasteiger charge is -2.20. The molecule has 1 atom stereocenters. The molecule has 0 saturated heterocycles. The molecule has 3 N–H and O–H groups in total. The Morgan fingerprint density at radius 1 is 1.14 bits per heavy atom. The zero-order chi connectivity index (χ0) is 15.4. The van der Waals surface area contributed by atoms with Gasteiger partial charge in [-0.3, -0.25) is 0 Å². The summed E-state index contributed by atoms with van der Waals surface area (Å²) in [7, 11) is 1.62. The number of anilines is 1. The van der Waals surface area contributed by atoms with Crippen LogP contribution in [0.3, 0.4) is 0 Å². The summed E-state index contributed by atoms with van der Waals surface area (Å²) < 4.78 is 5.19. The third kappa shape index (κ3) is 3.47. The SMILES string of the molecule is COc1cccc(NC(CO)c2cc(C)c(O)c(C)c2)c1. The van der Waals surface area contributed by atoms with Gasteiger partial charge in [-0.1, -0.05) is 18.2 Å². The van der Waals surface area contributed by atoms with Crippen molar-refractivity contribution in [3.05, 3.63) is 53.1 Å². The predicted molar refractivity (Wildman–Crippen MR) is 84.0 cm³/mol. The van der Waals surface area contributed by atoms with Gasteiger partial charge in [-0.05, 0) is 42.7 Å². The van der Waals surface area contributed by atoms with Crippen LogP contribution in [0.4, 0.5) is 5.69 Å². The van der Waals surface area contributed by atoms with Crippen molar-refractivity contribution in [3.8, 4) is 11.5 Å². The van der Waals surface area contributed by atoms with E-state index in [9.17, 15) is 10.2 Å². The maximum absolute atomic E-state index is 9.84. The summed E-state index contributed by atoms with van der Waals surface area (Å²) in [5.74, 6) is 1.06. The van der Waals surface area contributed by atoms with Crippen LogP contribution in [-0.2, 0) is 0 Å². The van der Waals surface area contributed by atoms with Crippen molar-refractivity contribution in [1.29, 1.82) is 0 Å². The van der Waals surface area contributed by atoms with Crippen LogP contribution in [0.15, 0.2) is 36.4 Å². The van der Waals surface area contributed by atoms with Crippen molar-refractivity contribution < 1.29 is 14.9 Å². The molecule has 0 fully saturated rings. The molecule has 0 amide bonds. The van der Waals surface area contributed by atoms with Crippen molar-refractivity contribution >= 4 is 5.69 Å². The summed E-state index contributed by atoms with van der Waals surface area (Å²) in [6, 6.07) is 11.1. The van der Waals surface area contributed by atoms with E-state index >= 15 is 0 Å². The first-order chi connectivity index (χ1) is 10.0. The first kappa shape index (κ1) is 15.2. The number of aliphatic hydroxyl groups is 1. The Labute approximate surface area is 125 Å². The number of ether oxygens (including phenoxy) is 1. The van der Waals surface area contributed by atoms with Gasteiger partial charge in [0.15, 0.2) is 0 Å². The highest BCUT2D eigenvalue weighted by atomic mass is 16.5. The first-order valence-electron chi connectivity index (χ1n) is 6.86. The maximum Gasteiger partial charge on any atom is 0.121 e. The molecule has 0 aliphatic rings. The van der Waals surface area contributed by atoms with E-state index in [4.69, 9.17) is 4.74 Å². The number of hydrogen-bond acceptors (Lipinski definition) is 4. The summed E-state index contributed by atoms with van der Waals surface area (Å²) in [6.07, 6.45) is 0. The molecule has 4 heteroatoms. The molecule has 112 valence electrons. The average molecular weight is 287 g/mol. The first-order valence-corrected chi connectivity index (χ1v) is 6.86. The Balaban J connectivity index is 2.27. The molecular formula is C17H21NO3. The highest BCUT2D eigenvalue weighted by Gasteiger charge is 2.13. The third-order valence-electron chi connectivity index (χ3n) is 3.51. The number of aromatic hydroxyl groups is 1. The highest BCUT2D eigenvalue weighted by Crippen LogP contribution is 2.28. The van der Waals surface area contributed by atoms with Gasteiger partial charge in [0.25, 0.3) is 0 Å². The monoisotopic (exact) mass is 287 g/mol. The molecule has 0 heterocycles. The van der Waals surface area contributed by atoms with Crippen LogP contribution < -0.4 is 10.1 Å². The molecule has 2 rings (SSSR count). The average Bonchev–Trinajstić information content (AvgIpc) is 2.50. The number of hydrogen-bond donors (Lipinski definition) is 3. The van der Waals surface area contributed by atoms with Gasteiger partial charge in [0.2, 0.25) is 0 Å². The van der Waals surface area contributed by atoms with Crippen LogP contribution in [0.5, 0.6) is 11.5 Å². The molecule has 21 heavy (non-hydrogen) atoms. The molecule has 0 spiro atoms. The number of methoxy groups -OCH3 is 1. The van der Waals surface area contributed by atoms with Crippen LogP contribution in [-0.4, -0.2) is 23.9 Å². The number of phenols is 1. The summed E-state index contributed by atoms with van der Waals surface area (Å²) >= 11 is 0. The predicted octanol–water partition coefficient (Wildman–Crippen LogP) is 3.16. The standard InChI is InChI=1S/C17H21NO3/c1-11-7-13(8-12(2)17(11)20)16(10-19)18-14-5-4-6-15(9-14)21-3/h4-9,16,18-20H,10H2,1-3H3. The van der Waals surface area contributed by atoms with Crippen molar-refractivity contribution in [2.45, 2.75) is 19.9 Å². The number of rotatable bonds is 5. The van der Waals surface area contributed by atoms with E-state index in [2.05, 4.69) is 5.32 Å². The second kappa shape index (κ2) is 6.50. The van der Waals surface area contributed by atoms with E-state index in [1.54, 1.807) is 7.11 Å². The van der Waals surface area contributed by atoms with Gasteiger partial charge in [0.1, 0.15) is 11.5 Å². The quantitative estimate of drug-likeness (QED) is 0.790. The summed E-state index contributed by atoms with van der Waals surface area (Å²) in [6.45, 7) is 3.67. The largest absolute Gasteiger partial charge is 0.507 e. The number of benzene rings is 2. The van der Waals surface area contributed by atoms with E-state index in [0.717, 1.165) is 28.1 Å². The minimum Gasteiger partial charge on any atom is -0.507 e. The Kier molecular flexibility index (Phi) is 4.70. The van der Waals surface area contributed by atoms with E-state index < -0.39 is 0 Å². The number of phenolic OH excluding ortho intramolecular Hbond substituents is 1. The Morgan fingerprint density at radius 3 is 2.38 bits per heavy atom. The van der Waals surface area contributed by atoms with Gasteiger partial charge < -0.3 is 20.3 Å². The Hall–Kier alpha value is -2.20. The van der Waals surface area contributed by atoms with Crippen molar-refractivity contribution in [1.82, 2.24) is 0 Å². The normalized spacial score (nSPS) is 12.0. The minimum atomic E-state index is -0.241. The molecule has 2 aromatic rings. The summed E-state index contributed by atoms with van der Waals surface area (Å²) in [5.41, 5.74) is 3.41. The van der Waals surface area contributed by atoms with E-state index in [0.29, 0.717) is 5.75 Å². The van der Waals surface area contributed by atoms with E-state index in [1.807, 2.05) is 50.2 Å². The molecule has 0 aliphatic carbocycles. The fraction of sp³-hybridized carbons (Fsp3) is 0.294. The fourth-order valence-electron chi connectivity index (χ4n) is 2.34. The smallest absolute Gasteiger partial charge is 0.121 e. The van der Waals surface area contributed by atoms with Gasteiger partial charge in [-0.15, -0.1) is 0 Å². The lowest BCUT2D eigenvalue weighted by atomic mass is 10.0. The molecule has 0 aliphatic heterocycles. The van der Waals surface area contributed by atoms with Gasteiger partial charge in [-0.2, -0.15) is 0 Å². The summed E-state index contributed by atoms with van der Waals surface area (Å²) in [4.78, 5) is 0. The molecule has 0 radical (unpaired) electrons. The van der Waals surface area contributed by atoms with Gasteiger partial charge >= 0.3 is 0 Å². The Bertz CT molecular complexity index is 602. The molecular weight excluding hydrogens is 266 g/mol. The highest BCUT2D eigenvalue weighted by molar-refractivity contribution is 5.51. The van der Waals surface area contributed by atoms with Gasteiger partial charge in [0.05, 0.1) is 19.8 Å². The second-order valence-corrected chi connectivity index (χ2v) is 5.11. The fourth-order valence-corrected chi connectivity index (χ4v) is 2.34. The molecule has 4 nitrogen and oxygen atoms in total. The third-order valence-corrected chi connectivity index (χ3v) is 3.51. The topological polar surface area (TPSA) is 61.7 Å². The molecule has 0 bridgehead atoms. The number of aryl methyl sites for hydroxylation is 2. The zero-order valence-electron chi connectivity index (χ0n) is 12.6. The van der Waals surface area contributed by atoms with Crippen LogP contribution >= 0.6 is 0 Å². The Morgan fingerprint density at radius 2 is 1.81 bits per heavy atom. The lowest BCUT2D eigenvalue weighted by Crippen LogP contribution is -2.15. The van der Waals surface area contributed by atoms with Crippen molar-refractivity contribution in [3.63, 3.8) is 0 Å². The van der Waals surface area contributed by atoms with Crippen molar-refractivity contribution in [2.75, 3.05) is 19.0 Å². The zero-order valence-corrected chi connectivity index (χ0v) is 12.6. The summed E-state index contributed by atoms with van der Waals surface area (Å²) in [5, 5.41) is 22.8. The number of aliphatic hydroxyl groups excluding tert-OH is 1. The molecule has 0 aromatic heterocycles. The van der Waals surface area contributed by atoms with Crippen LogP contribution in [0.25, 0.3) is 0 Å². The molecule has 0 saturated carbocycles. The van der Waals surface area contributed by atoms with Crippen LogP contribution in [0.2, 0.25) is 0 Å². The molecule has 2 aromatic carbocycles.